The molecular weight excluding hydrogens is 278 g/mol. The molecule has 4 nitrogen and oxygen atoms in total. The number of hydrogen-bond donors (Lipinski definition) is 0. The van der Waals surface area contributed by atoms with Gasteiger partial charge >= 0.3 is 5.97 Å². The molecule has 1 unspecified atom stereocenters. The summed E-state index contributed by atoms with van der Waals surface area (Å²) in [6.45, 7) is 12.5. The van der Waals surface area contributed by atoms with E-state index in [1.54, 1.807) is 0 Å². The van der Waals surface area contributed by atoms with Crippen molar-refractivity contribution in [3.05, 3.63) is 0 Å². The first-order valence-corrected chi connectivity index (χ1v) is 8.72. The Morgan fingerprint density at radius 3 is 2.18 bits per heavy atom. The zero-order valence-corrected chi connectivity index (χ0v) is 15.4. The lowest BCUT2D eigenvalue weighted by Gasteiger charge is -2.36. The summed E-state index contributed by atoms with van der Waals surface area (Å²) in [5.74, 6) is -0.0812. The topological polar surface area (TPSA) is 46.6 Å². The van der Waals surface area contributed by atoms with Crippen molar-refractivity contribution in [2.24, 2.45) is 0 Å². The van der Waals surface area contributed by atoms with Crippen LogP contribution in [0.4, 0.5) is 0 Å². The van der Waals surface area contributed by atoms with Crippen molar-refractivity contribution >= 4 is 11.9 Å². The van der Waals surface area contributed by atoms with Gasteiger partial charge in [0.05, 0.1) is 12.5 Å². The van der Waals surface area contributed by atoms with Crippen LogP contribution in [0.15, 0.2) is 0 Å². The summed E-state index contributed by atoms with van der Waals surface area (Å²) in [5.41, 5.74) is -0.265. The van der Waals surface area contributed by atoms with Crippen molar-refractivity contribution in [3.63, 3.8) is 0 Å². The average molecular weight is 313 g/mol. The largest absolute Gasteiger partial charge is 0.463 e. The van der Waals surface area contributed by atoms with Gasteiger partial charge in [0.1, 0.15) is 0 Å². The van der Waals surface area contributed by atoms with Gasteiger partial charge in [0.2, 0.25) is 5.91 Å². The maximum atomic E-state index is 12.4. The highest BCUT2D eigenvalue weighted by Gasteiger charge is 2.26. The summed E-state index contributed by atoms with van der Waals surface area (Å²) in [6, 6.07) is 0. The molecule has 0 rings (SSSR count). The Morgan fingerprint density at radius 1 is 1.05 bits per heavy atom. The molecule has 0 saturated heterocycles. The summed E-state index contributed by atoms with van der Waals surface area (Å²) >= 11 is 0. The molecule has 22 heavy (non-hydrogen) atoms. The summed E-state index contributed by atoms with van der Waals surface area (Å²) in [4.78, 5) is 26.0. The molecule has 0 aliphatic carbocycles. The second-order valence-corrected chi connectivity index (χ2v) is 6.99. The van der Waals surface area contributed by atoms with Gasteiger partial charge in [-0.3, -0.25) is 9.59 Å². The molecular formula is C18H35NO3. The van der Waals surface area contributed by atoms with Crippen LogP contribution in [0.2, 0.25) is 0 Å². The zero-order valence-electron chi connectivity index (χ0n) is 15.4. The predicted molar refractivity (Wildman–Crippen MR) is 90.7 cm³/mol. The molecule has 0 aromatic rings. The van der Waals surface area contributed by atoms with Crippen LogP contribution in [0.25, 0.3) is 0 Å². The quantitative estimate of drug-likeness (QED) is 0.446. The van der Waals surface area contributed by atoms with Crippen molar-refractivity contribution in [3.8, 4) is 0 Å². The zero-order chi connectivity index (χ0) is 17.2. The molecule has 0 N–H and O–H groups in total. The monoisotopic (exact) mass is 313 g/mol. The van der Waals surface area contributed by atoms with E-state index < -0.39 is 0 Å². The van der Waals surface area contributed by atoms with E-state index in [-0.39, 0.29) is 29.9 Å². The highest BCUT2D eigenvalue weighted by molar-refractivity contribution is 5.78. The molecule has 0 spiro atoms. The number of unbranched alkanes of at least 4 members (excludes halogenated alkanes) is 3. The second-order valence-electron chi connectivity index (χ2n) is 6.99. The van der Waals surface area contributed by atoms with Crippen LogP contribution in [-0.2, 0) is 14.3 Å². The fourth-order valence-electron chi connectivity index (χ4n) is 2.24. The van der Waals surface area contributed by atoms with Gasteiger partial charge in [-0.2, -0.15) is 0 Å². The smallest absolute Gasteiger partial charge is 0.307 e. The molecule has 0 aromatic carbocycles. The molecule has 4 heteroatoms. The van der Waals surface area contributed by atoms with Crippen molar-refractivity contribution in [1.82, 2.24) is 4.90 Å². The molecule has 0 fully saturated rings. The van der Waals surface area contributed by atoms with Gasteiger partial charge in [0.15, 0.2) is 0 Å². The number of carbonyl (C=O) groups excluding carboxylic acids is 2. The van der Waals surface area contributed by atoms with Gasteiger partial charge < -0.3 is 9.64 Å². The summed E-state index contributed by atoms with van der Waals surface area (Å²) in [5, 5.41) is 0. The third-order valence-electron chi connectivity index (χ3n) is 3.80. The Hall–Kier alpha value is -1.06. The molecule has 130 valence electrons. The van der Waals surface area contributed by atoms with Crippen molar-refractivity contribution in [1.29, 1.82) is 0 Å². The fraction of sp³-hybridized carbons (Fsp3) is 0.889. The van der Waals surface area contributed by atoms with Crippen LogP contribution in [0.5, 0.6) is 0 Å². The fourth-order valence-corrected chi connectivity index (χ4v) is 2.24. The first kappa shape index (κ1) is 20.9. The Kier molecular flexibility index (Phi) is 10.1. The first-order chi connectivity index (χ1) is 10.2. The summed E-state index contributed by atoms with van der Waals surface area (Å²) in [6.07, 6.45) is 5.95. The lowest BCUT2D eigenvalue weighted by atomic mass is 10.0. The van der Waals surface area contributed by atoms with E-state index in [9.17, 15) is 9.59 Å². The second kappa shape index (κ2) is 10.6. The maximum absolute atomic E-state index is 12.4. The minimum Gasteiger partial charge on any atom is -0.463 e. The van der Waals surface area contributed by atoms with Crippen LogP contribution in [0.3, 0.4) is 0 Å². The van der Waals surface area contributed by atoms with Gasteiger partial charge in [0.25, 0.3) is 0 Å². The molecule has 0 aliphatic rings. The van der Waals surface area contributed by atoms with Gasteiger partial charge in [-0.1, -0.05) is 33.1 Å². The third kappa shape index (κ3) is 9.06. The van der Waals surface area contributed by atoms with Crippen LogP contribution >= 0.6 is 0 Å². The molecule has 0 radical (unpaired) electrons. The highest BCUT2D eigenvalue weighted by Crippen LogP contribution is 2.17. The third-order valence-corrected chi connectivity index (χ3v) is 3.80. The average Bonchev–Trinajstić information content (AvgIpc) is 2.42. The van der Waals surface area contributed by atoms with Crippen molar-refractivity contribution in [2.45, 2.75) is 98.1 Å². The number of nitrogens with zero attached hydrogens (tertiary/aromatic N) is 1. The molecule has 0 aromatic heterocycles. The molecule has 1 atom stereocenters. The van der Waals surface area contributed by atoms with Gasteiger partial charge in [-0.05, 0) is 40.5 Å². The van der Waals surface area contributed by atoms with Crippen LogP contribution in [0, 0.1) is 0 Å². The highest BCUT2D eigenvalue weighted by atomic mass is 16.5. The Morgan fingerprint density at radius 2 is 1.68 bits per heavy atom. The van der Waals surface area contributed by atoms with Crippen LogP contribution in [0.1, 0.15) is 86.5 Å². The molecule has 1 amide bonds. The summed E-state index contributed by atoms with van der Waals surface area (Å²) < 4.78 is 5.28. The molecule has 0 saturated carbocycles. The SMILES string of the molecule is CCCCCCC(=O)N(CCC(=O)OC(C)CC)C(C)(C)C. The molecule has 0 heterocycles. The normalized spacial score (nSPS) is 12.8. The number of rotatable bonds is 10. The standard InChI is InChI=1S/C18H35NO3/c1-7-9-10-11-12-16(20)19(18(4,5)6)14-13-17(21)22-15(3)8-2/h15H,7-14H2,1-6H3. The number of esters is 1. The Bertz CT molecular complexity index is 334. The van der Waals surface area contributed by atoms with Gasteiger partial charge in [-0.15, -0.1) is 0 Å². The Balaban J connectivity index is 4.41. The lowest BCUT2D eigenvalue weighted by Crippen LogP contribution is -2.46. The number of hydrogen-bond acceptors (Lipinski definition) is 3. The number of ether oxygens (including phenoxy) is 1. The van der Waals surface area contributed by atoms with Crippen molar-refractivity contribution in [2.75, 3.05) is 6.54 Å². The molecule has 0 bridgehead atoms. The van der Waals surface area contributed by atoms with E-state index in [1.165, 1.54) is 12.8 Å². The van der Waals surface area contributed by atoms with Crippen LogP contribution < -0.4 is 0 Å². The number of carbonyl (C=O) groups is 2. The lowest BCUT2D eigenvalue weighted by molar-refractivity contribution is -0.149. The minimum atomic E-state index is -0.265. The van der Waals surface area contributed by atoms with E-state index in [0.717, 1.165) is 19.3 Å². The van der Waals surface area contributed by atoms with Crippen molar-refractivity contribution < 1.29 is 14.3 Å². The maximum Gasteiger partial charge on any atom is 0.307 e. The predicted octanol–water partition coefficient (Wildman–Crippen LogP) is 4.32. The number of amides is 1. The minimum absolute atomic E-state index is 0.0552. The van der Waals surface area contributed by atoms with Gasteiger partial charge in [-0.25, -0.2) is 0 Å². The summed E-state index contributed by atoms with van der Waals surface area (Å²) in [7, 11) is 0. The van der Waals surface area contributed by atoms with E-state index in [0.29, 0.717) is 13.0 Å². The van der Waals surface area contributed by atoms with E-state index in [1.807, 2.05) is 39.5 Å². The van der Waals surface area contributed by atoms with E-state index in [4.69, 9.17) is 4.74 Å². The van der Waals surface area contributed by atoms with Crippen LogP contribution in [-0.4, -0.2) is 35.0 Å². The van der Waals surface area contributed by atoms with Gasteiger partial charge in [0, 0.05) is 18.5 Å². The van der Waals surface area contributed by atoms with E-state index >= 15 is 0 Å². The first-order valence-electron chi connectivity index (χ1n) is 8.72. The molecule has 0 aliphatic heterocycles. The van der Waals surface area contributed by atoms with E-state index in [2.05, 4.69) is 6.92 Å². The Labute approximate surface area is 136 Å².